The van der Waals surface area contributed by atoms with Crippen molar-refractivity contribution in [2.75, 3.05) is 13.1 Å². The van der Waals surface area contributed by atoms with Gasteiger partial charge in [-0.1, -0.05) is 123 Å². The second kappa shape index (κ2) is 23.9. The molecular weight excluding hydrogens is 304 g/mol. The SMILES string of the molecule is CCCCCCCCCCCCNNCCCCCCCCCCC. The Labute approximate surface area is 160 Å². The third-order valence-electron chi connectivity index (χ3n) is 5.19. The van der Waals surface area contributed by atoms with Gasteiger partial charge >= 0.3 is 0 Å². The molecule has 0 atom stereocenters. The molecule has 0 aromatic carbocycles. The van der Waals surface area contributed by atoms with E-state index in [1.165, 1.54) is 122 Å². The van der Waals surface area contributed by atoms with E-state index in [0.29, 0.717) is 0 Å². The van der Waals surface area contributed by atoms with E-state index in [9.17, 15) is 0 Å². The highest BCUT2D eigenvalue weighted by molar-refractivity contribution is 4.51. The zero-order chi connectivity index (χ0) is 18.3. The van der Waals surface area contributed by atoms with Crippen molar-refractivity contribution < 1.29 is 0 Å². The number of hydrogen-bond acceptors (Lipinski definition) is 2. The maximum atomic E-state index is 3.39. The van der Waals surface area contributed by atoms with Crippen LogP contribution >= 0.6 is 0 Å². The van der Waals surface area contributed by atoms with E-state index in [1.54, 1.807) is 0 Å². The van der Waals surface area contributed by atoms with Crippen LogP contribution in [-0.2, 0) is 0 Å². The number of hydrogen-bond donors (Lipinski definition) is 2. The van der Waals surface area contributed by atoms with Crippen molar-refractivity contribution in [3.8, 4) is 0 Å². The Hall–Kier alpha value is -0.0800. The summed E-state index contributed by atoms with van der Waals surface area (Å²) >= 11 is 0. The van der Waals surface area contributed by atoms with Gasteiger partial charge in [0.05, 0.1) is 0 Å². The monoisotopic (exact) mass is 354 g/mol. The maximum Gasteiger partial charge on any atom is 0.00997 e. The molecule has 0 saturated carbocycles. The molecule has 0 aliphatic rings. The molecule has 0 aliphatic heterocycles. The van der Waals surface area contributed by atoms with Gasteiger partial charge in [-0.3, -0.25) is 10.9 Å². The van der Waals surface area contributed by atoms with Gasteiger partial charge in [0.25, 0.3) is 0 Å². The van der Waals surface area contributed by atoms with Crippen LogP contribution in [0.1, 0.15) is 136 Å². The first-order chi connectivity index (χ1) is 12.4. The molecule has 2 heteroatoms. The van der Waals surface area contributed by atoms with Crippen molar-refractivity contribution in [2.45, 2.75) is 136 Å². The zero-order valence-corrected chi connectivity index (χ0v) is 17.8. The first kappa shape index (κ1) is 24.9. The lowest BCUT2D eigenvalue weighted by atomic mass is 10.1. The van der Waals surface area contributed by atoms with Crippen LogP contribution in [0, 0.1) is 0 Å². The Balaban J connectivity index is 2.94. The third kappa shape index (κ3) is 23.9. The largest absolute Gasteiger partial charge is 0.258 e. The number of rotatable bonds is 22. The van der Waals surface area contributed by atoms with Crippen LogP contribution in [0.25, 0.3) is 0 Å². The molecular formula is C23H50N2. The van der Waals surface area contributed by atoms with Gasteiger partial charge in [-0.2, -0.15) is 0 Å². The molecule has 0 rings (SSSR count). The van der Waals surface area contributed by atoms with Gasteiger partial charge in [0.1, 0.15) is 0 Å². The second-order valence-corrected chi connectivity index (χ2v) is 7.86. The predicted octanol–water partition coefficient (Wildman–Crippen LogP) is 7.53. The summed E-state index contributed by atoms with van der Waals surface area (Å²) in [6, 6.07) is 0. The van der Waals surface area contributed by atoms with Crippen molar-refractivity contribution in [3.05, 3.63) is 0 Å². The quantitative estimate of drug-likeness (QED) is 0.155. The fourth-order valence-electron chi connectivity index (χ4n) is 3.40. The Morgan fingerprint density at radius 1 is 0.320 bits per heavy atom. The minimum atomic E-state index is 1.13. The lowest BCUT2D eigenvalue weighted by Gasteiger charge is -2.07. The van der Waals surface area contributed by atoms with E-state index in [0.717, 1.165) is 13.1 Å². The van der Waals surface area contributed by atoms with Crippen molar-refractivity contribution in [3.63, 3.8) is 0 Å². The summed E-state index contributed by atoms with van der Waals surface area (Å²) in [5.74, 6) is 0. The summed E-state index contributed by atoms with van der Waals surface area (Å²) in [5, 5.41) is 0. The molecule has 2 N–H and O–H groups in total. The van der Waals surface area contributed by atoms with Crippen molar-refractivity contribution in [1.82, 2.24) is 10.9 Å². The van der Waals surface area contributed by atoms with Crippen LogP contribution in [0.3, 0.4) is 0 Å². The number of nitrogens with one attached hydrogen (secondary N) is 2. The van der Waals surface area contributed by atoms with Crippen LogP contribution in [0.5, 0.6) is 0 Å². The minimum absolute atomic E-state index is 1.13. The topological polar surface area (TPSA) is 24.1 Å². The van der Waals surface area contributed by atoms with Crippen LogP contribution < -0.4 is 10.9 Å². The Morgan fingerprint density at radius 3 is 0.840 bits per heavy atom. The van der Waals surface area contributed by atoms with Gasteiger partial charge in [0.2, 0.25) is 0 Å². The highest BCUT2D eigenvalue weighted by Gasteiger charge is 1.94. The summed E-state index contributed by atoms with van der Waals surface area (Å²) < 4.78 is 0. The van der Waals surface area contributed by atoms with Crippen molar-refractivity contribution in [2.24, 2.45) is 0 Å². The molecule has 2 nitrogen and oxygen atoms in total. The normalized spacial score (nSPS) is 11.3. The zero-order valence-electron chi connectivity index (χ0n) is 17.8. The van der Waals surface area contributed by atoms with Gasteiger partial charge in [0, 0.05) is 13.1 Å². The molecule has 0 heterocycles. The summed E-state index contributed by atoms with van der Waals surface area (Å²) in [6.07, 6.45) is 26.9. The fourth-order valence-corrected chi connectivity index (χ4v) is 3.40. The molecule has 0 bridgehead atoms. The Kier molecular flexibility index (Phi) is 23.8. The molecule has 0 aliphatic carbocycles. The lowest BCUT2D eigenvalue weighted by Crippen LogP contribution is -2.33. The molecule has 0 spiro atoms. The summed E-state index contributed by atoms with van der Waals surface area (Å²) in [6.45, 7) is 6.85. The summed E-state index contributed by atoms with van der Waals surface area (Å²) in [4.78, 5) is 0. The van der Waals surface area contributed by atoms with E-state index in [4.69, 9.17) is 0 Å². The highest BCUT2D eigenvalue weighted by Crippen LogP contribution is 2.10. The third-order valence-corrected chi connectivity index (χ3v) is 5.19. The average Bonchev–Trinajstić information content (AvgIpc) is 2.63. The molecule has 0 aromatic heterocycles. The van der Waals surface area contributed by atoms with Crippen LogP contribution in [0.2, 0.25) is 0 Å². The number of unbranched alkanes of at least 4 members (excludes halogenated alkanes) is 17. The summed E-state index contributed by atoms with van der Waals surface area (Å²) in [7, 11) is 0. The van der Waals surface area contributed by atoms with E-state index >= 15 is 0 Å². The second-order valence-electron chi connectivity index (χ2n) is 7.86. The molecule has 0 fully saturated rings. The van der Waals surface area contributed by atoms with Crippen molar-refractivity contribution >= 4 is 0 Å². The molecule has 0 radical (unpaired) electrons. The van der Waals surface area contributed by atoms with Gasteiger partial charge in [0.15, 0.2) is 0 Å². The van der Waals surface area contributed by atoms with Crippen LogP contribution in [0.15, 0.2) is 0 Å². The molecule has 0 aromatic rings. The molecule has 152 valence electrons. The van der Waals surface area contributed by atoms with E-state index in [2.05, 4.69) is 24.7 Å². The number of hydrazine groups is 1. The minimum Gasteiger partial charge on any atom is -0.258 e. The van der Waals surface area contributed by atoms with E-state index < -0.39 is 0 Å². The molecule has 0 unspecified atom stereocenters. The maximum absolute atomic E-state index is 3.39. The Bertz CT molecular complexity index is 196. The fraction of sp³-hybridized carbons (Fsp3) is 1.00. The predicted molar refractivity (Wildman–Crippen MR) is 115 cm³/mol. The van der Waals surface area contributed by atoms with Gasteiger partial charge in [-0.15, -0.1) is 0 Å². The standard InChI is InChI=1S/C23H50N2/c1-3-5-7-9-11-13-15-17-19-21-23-25-24-22-20-18-16-14-12-10-8-6-4-2/h24-25H,3-23H2,1-2H3. The van der Waals surface area contributed by atoms with Gasteiger partial charge < -0.3 is 0 Å². The molecule has 0 saturated heterocycles. The highest BCUT2D eigenvalue weighted by atomic mass is 15.3. The van der Waals surface area contributed by atoms with E-state index in [-0.39, 0.29) is 0 Å². The van der Waals surface area contributed by atoms with Crippen molar-refractivity contribution in [1.29, 1.82) is 0 Å². The molecule has 0 amide bonds. The van der Waals surface area contributed by atoms with Gasteiger partial charge in [-0.05, 0) is 12.8 Å². The average molecular weight is 355 g/mol. The lowest BCUT2D eigenvalue weighted by molar-refractivity contribution is 0.477. The van der Waals surface area contributed by atoms with Crippen LogP contribution in [-0.4, -0.2) is 13.1 Å². The molecule has 25 heavy (non-hydrogen) atoms. The van der Waals surface area contributed by atoms with E-state index in [1.807, 2.05) is 0 Å². The smallest absolute Gasteiger partial charge is 0.00997 e. The summed E-state index contributed by atoms with van der Waals surface area (Å²) in [5.41, 5.74) is 6.77. The van der Waals surface area contributed by atoms with Crippen LogP contribution in [0.4, 0.5) is 0 Å². The first-order valence-electron chi connectivity index (χ1n) is 11.9. The first-order valence-corrected chi connectivity index (χ1v) is 11.9. The van der Waals surface area contributed by atoms with Gasteiger partial charge in [-0.25, -0.2) is 0 Å². The Morgan fingerprint density at radius 2 is 0.560 bits per heavy atom.